The topological polar surface area (TPSA) is 49.3 Å². The van der Waals surface area contributed by atoms with Crippen LogP contribution in [-0.4, -0.2) is 28.1 Å². The van der Waals surface area contributed by atoms with Gasteiger partial charge < -0.3 is 10.4 Å². The summed E-state index contributed by atoms with van der Waals surface area (Å²) in [4.78, 5) is 12.0. The summed E-state index contributed by atoms with van der Waals surface area (Å²) in [6, 6.07) is 4.17. The highest BCUT2D eigenvalue weighted by Crippen LogP contribution is 2.31. The van der Waals surface area contributed by atoms with E-state index in [9.17, 15) is 23.1 Å². The van der Waals surface area contributed by atoms with Crippen molar-refractivity contribution in [3.8, 4) is 0 Å². The standard InChI is InChI=1S/C14H16F3NO2S/c1-9(18-12(19)13(20)6-7-21-8-13)10-2-4-11(5-3-10)14(15,16)17/h2-5,9,20H,6-8H2,1H3,(H,18,19). The molecule has 2 rings (SSSR count). The molecule has 1 amide bonds. The predicted molar refractivity (Wildman–Crippen MR) is 74.9 cm³/mol. The number of halogens is 3. The predicted octanol–water partition coefficient (Wildman–Crippen LogP) is 2.75. The molecular formula is C14H16F3NO2S. The van der Waals surface area contributed by atoms with Gasteiger partial charge in [-0.3, -0.25) is 4.79 Å². The van der Waals surface area contributed by atoms with Gasteiger partial charge in [-0.05, 0) is 36.8 Å². The number of carbonyl (C=O) groups is 1. The van der Waals surface area contributed by atoms with Crippen LogP contribution in [0.5, 0.6) is 0 Å². The molecule has 1 aromatic rings. The normalized spacial score (nSPS) is 23.9. The van der Waals surface area contributed by atoms with Crippen LogP contribution >= 0.6 is 11.8 Å². The first kappa shape index (κ1) is 16.2. The zero-order valence-electron chi connectivity index (χ0n) is 11.4. The zero-order valence-corrected chi connectivity index (χ0v) is 12.2. The monoisotopic (exact) mass is 319 g/mol. The van der Waals surface area contributed by atoms with Crippen molar-refractivity contribution in [3.05, 3.63) is 35.4 Å². The molecule has 21 heavy (non-hydrogen) atoms. The highest BCUT2D eigenvalue weighted by molar-refractivity contribution is 7.99. The molecule has 0 radical (unpaired) electrons. The molecule has 0 aliphatic carbocycles. The number of thioether (sulfide) groups is 1. The van der Waals surface area contributed by atoms with Crippen LogP contribution in [0.15, 0.2) is 24.3 Å². The van der Waals surface area contributed by atoms with Gasteiger partial charge in [0.05, 0.1) is 11.6 Å². The Morgan fingerprint density at radius 2 is 2.00 bits per heavy atom. The van der Waals surface area contributed by atoms with E-state index in [1.54, 1.807) is 6.92 Å². The van der Waals surface area contributed by atoms with Gasteiger partial charge in [-0.2, -0.15) is 24.9 Å². The van der Waals surface area contributed by atoms with Crippen molar-refractivity contribution >= 4 is 17.7 Å². The third-order valence-electron chi connectivity index (χ3n) is 3.51. The molecule has 0 aromatic heterocycles. The van der Waals surface area contributed by atoms with E-state index < -0.39 is 29.3 Å². The molecule has 7 heteroatoms. The number of aliphatic hydroxyl groups is 1. The van der Waals surface area contributed by atoms with Gasteiger partial charge in [0.2, 0.25) is 0 Å². The lowest BCUT2D eigenvalue weighted by Crippen LogP contribution is -2.47. The molecule has 3 nitrogen and oxygen atoms in total. The maximum Gasteiger partial charge on any atom is 0.416 e. The van der Waals surface area contributed by atoms with Crippen LogP contribution in [0, 0.1) is 0 Å². The van der Waals surface area contributed by atoms with E-state index in [4.69, 9.17) is 0 Å². The van der Waals surface area contributed by atoms with Crippen molar-refractivity contribution in [3.63, 3.8) is 0 Å². The number of rotatable bonds is 3. The average Bonchev–Trinajstić information content (AvgIpc) is 2.86. The van der Waals surface area contributed by atoms with E-state index >= 15 is 0 Å². The molecular weight excluding hydrogens is 303 g/mol. The highest BCUT2D eigenvalue weighted by Gasteiger charge is 2.40. The van der Waals surface area contributed by atoms with Crippen molar-refractivity contribution in [2.75, 3.05) is 11.5 Å². The molecule has 1 aromatic carbocycles. The van der Waals surface area contributed by atoms with Crippen molar-refractivity contribution < 1.29 is 23.1 Å². The lowest BCUT2D eigenvalue weighted by molar-refractivity contribution is -0.138. The van der Waals surface area contributed by atoms with Crippen LogP contribution in [0.25, 0.3) is 0 Å². The quantitative estimate of drug-likeness (QED) is 0.901. The summed E-state index contributed by atoms with van der Waals surface area (Å²) in [7, 11) is 0. The molecule has 1 heterocycles. The summed E-state index contributed by atoms with van der Waals surface area (Å²) < 4.78 is 37.4. The first-order valence-corrected chi connectivity index (χ1v) is 7.66. The van der Waals surface area contributed by atoms with Crippen LogP contribution in [0.4, 0.5) is 13.2 Å². The van der Waals surface area contributed by atoms with Crippen LogP contribution in [0.1, 0.15) is 30.5 Å². The van der Waals surface area contributed by atoms with Gasteiger partial charge in [0.25, 0.3) is 5.91 Å². The fourth-order valence-corrected chi connectivity index (χ4v) is 3.35. The largest absolute Gasteiger partial charge is 0.416 e. The summed E-state index contributed by atoms with van der Waals surface area (Å²) in [6.45, 7) is 1.67. The molecule has 1 saturated heterocycles. The second kappa shape index (κ2) is 5.88. The maximum absolute atomic E-state index is 12.5. The third kappa shape index (κ3) is 3.71. The second-order valence-electron chi connectivity index (χ2n) is 5.15. The van der Waals surface area contributed by atoms with Crippen LogP contribution < -0.4 is 5.32 Å². The molecule has 116 valence electrons. The van der Waals surface area contributed by atoms with E-state index in [1.807, 2.05) is 0 Å². The van der Waals surface area contributed by atoms with Gasteiger partial charge in [0.1, 0.15) is 0 Å². The number of hydrogen-bond acceptors (Lipinski definition) is 3. The van der Waals surface area contributed by atoms with Crippen molar-refractivity contribution in [2.24, 2.45) is 0 Å². The molecule has 0 bridgehead atoms. The summed E-state index contributed by atoms with van der Waals surface area (Å²) >= 11 is 1.50. The van der Waals surface area contributed by atoms with Crippen molar-refractivity contribution in [2.45, 2.75) is 31.2 Å². The summed E-state index contributed by atoms with van der Waals surface area (Å²) in [5, 5.41) is 12.8. The Kier molecular flexibility index (Phi) is 4.53. The lowest BCUT2D eigenvalue weighted by atomic mass is 10.0. The minimum atomic E-state index is -4.37. The molecule has 0 saturated carbocycles. The molecule has 2 atom stereocenters. The highest BCUT2D eigenvalue weighted by atomic mass is 32.2. The summed E-state index contributed by atoms with van der Waals surface area (Å²) in [6.07, 6.45) is -3.98. The van der Waals surface area contributed by atoms with Gasteiger partial charge in [-0.1, -0.05) is 12.1 Å². The summed E-state index contributed by atoms with van der Waals surface area (Å²) in [5.74, 6) is 0.594. The van der Waals surface area contributed by atoms with Crippen LogP contribution in [0.3, 0.4) is 0 Å². The van der Waals surface area contributed by atoms with E-state index in [0.29, 0.717) is 17.7 Å². The SMILES string of the molecule is CC(NC(=O)C1(O)CCSC1)c1ccc(C(F)(F)F)cc1. The number of amides is 1. The minimum Gasteiger partial charge on any atom is -0.379 e. The molecule has 1 aliphatic heterocycles. The molecule has 0 spiro atoms. The smallest absolute Gasteiger partial charge is 0.379 e. The van der Waals surface area contributed by atoms with Crippen molar-refractivity contribution in [1.82, 2.24) is 5.32 Å². The Morgan fingerprint density at radius 3 is 2.48 bits per heavy atom. The first-order chi connectivity index (χ1) is 9.72. The van der Waals surface area contributed by atoms with E-state index in [0.717, 1.165) is 17.9 Å². The number of carbonyl (C=O) groups excluding carboxylic acids is 1. The van der Waals surface area contributed by atoms with E-state index in [2.05, 4.69) is 5.32 Å². The number of nitrogens with one attached hydrogen (secondary N) is 1. The first-order valence-electron chi connectivity index (χ1n) is 6.51. The second-order valence-corrected chi connectivity index (χ2v) is 6.25. The summed E-state index contributed by atoms with van der Waals surface area (Å²) in [5.41, 5.74) is -1.54. The third-order valence-corrected chi connectivity index (χ3v) is 4.68. The minimum absolute atomic E-state index is 0.346. The molecule has 1 aliphatic rings. The fourth-order valence-electron chi connectivity index (χ4n) is 2.11. The maximum atomic E-state index is 12.5. The Morgan fingerprint density at radius 1 is 1.38 bits per heavy atom. The lowest BCUT2D eigenvalue weighted by Gasteiger charge is -2.23. The van der Waals surface area contributed by atoms with Gasteiger partial charge in [0, 0.05) is 5.75 Å². The Balaban J connectivity index is 2.03. The zero-order chi connectivity index (χ0) is 15.7. The molecule has 2 unspecified atom stereocenters. The van der Waals surface area contributed by atoms with Crippen molar-refractivity contribution in [1.29, 1.82) is 0 Å². The molecule has 2 N–H and O–H groups in total. The van der Waals surface area contributed by atoms with E-state index in [1.165, 1.54) is 23.9 Å². The van der Waals surface area contributed by atoms with Crippen LogP contribution in [-0.2, 0) is 11.0 Å². The van der Waals surface area contributed by atoms with Gasteiger partial charge >= 0.3 is 6.18 Å². The van der Waals surface area contributed by atoms with Gasteiger partial charge in [0.15, 0.2) is 5.60 Å². The number of benzene rings is 1. The number of hydrogen-bond donors (Lipinski definition) is 2. The number of alkyl halides is 3. The average molecular weight is 319 g/mol. The van der Waals surface area contributed by atoms with Gasteiger partial charge in [-0.25, -0.2) is 0 Å². The van der Waals surface area contributed by atoms with E-state index in [-0.39, 0.29) is 0 Å². The Labute approximate surface area is 124 Å². The van der Waals surface area contributed by atoms with Crippen LogP contribution in [0.2, 0.25) is 0 Å². The Bertz CT molecular complexity index is 510. The molecule has 1 fully saturated rings. The Hall–Kier alpha value is -1.21. The fraction of sp³-hybridized carbons (Fsp3) is 0.500. The van der Waals surface area contributed by atoms with Gasteiger partial charge in [-0.15, -0.1) is 0 Å².